The molecule has 106 valence electrons. The molecule has 1 aliphatic heterocycles. The first-order chi connectivity index (χ1) is 9.65. The van der Waals surface area contributed by atoms with Gasteiger partial charge in [0.1, 0.15) is 0 Å². The maximum atomic E-state index is 11.7. The second-order valence-corrected chi connectivity index (χ2v) is 4.69. The third-order valence-electron chi connectivity index (χ3n) is 3.10. The van der Waals surface area contributed by atoms with Crippen LogP contribution in [0.1, 0.15) is 12.0 Å². The lowest BCUT2D eigenvalue weighted by molar-refractivity contribution is -0.129. The molecule has 1 aliphatic rings. The summed E-state index contributed by atoms with van der Waals surface area (Å²) in [5.41, 5.74) is 0.998. The van der Waals surface area contributed by atoms with Gasteiger partial charge in [-0.25, -0.2) is 0 Å². The van der Waals surface area contributed by atoms with Crippen LogP contribution in [-0.2, 0) is 20.9 Å². The van der Waals surface area contributed by atoms with Crippen LogP contribution >= 0.6 is 0 Å². The topological polar surface area (TPSA) is 87.3 Å². The average Bonchev–Trinajstić information content (AvgIpc) is 2.90. The van der Waals surface area contributed by atoms with Gasteiger partial charge in [0.05, 0.1) is 12.5 Å². The van der Waals surface area contributed by atoms with Crippen LogP contribution < -0.4 is 16.0 Å². The van der Waals surface area contributed by atoms with E-state index in [-0.39, 0.29) is 36.6 Å². The van der Waals surface area contributed by atoms with Crippen molar-refractivity contribution in [1.29, 1.82) is 0 Å². The van der Waals surface area contributed by atoms with Crippen molar-refractivity contribution in [2.75, 3.05) is 13.1 Å². The summed E-state index contributed by atoms with van der Waals surface area (Å²) in [5.74, 6) is -1.01. The minimum absolute atomic E-state index is 0.0731. The van der Waals surface area contributed by atoms with Gasteiger partial charge in [-0.05, 0) is 5.56 Å². The number of carbonyl (C=O) groups is 3. The van der Waals surface area contributed by atoms with E-state index in [9.17, 15) is 14.4 Å². The minimum atomic E-state index is -0.371. The molecule has 0 saturated carbocycles. The average molecular weight is 275 g/mol. The lowest BCUT2D eigenvalue weighted by Crippen LogP contribution is -2.39. The number of nitrogens with one attached hydrogen (secondary N) is 3. The smallest absolute Gasteiger partial charge is 0.239 e. The van der Waals surface area contributed by atoms with E-state index in [0.717, 1.165) is 5.56 Å². The fourth-order valence-corrected chi connectivity index (χ4v) is 1.96. The Bertz CT molecular complexity index is 502. The molecule has 1 fully saturated rings. The van der Waals surface area contributed by atoms with Gasteiger partial charge >= 0.3 is 0 Å². The molecule has 3 N–H and O–H groups in total. The Balaban J connectivity index is 1.67. The van der Waals surface area contributed by atoms with E-state index in [0.29, 0.717) is 13.1 Å². The standard InChI is InChI=1S/C14H17N3O3/c18-12-6-11(8-16-12)14(20)17-9-13(19)15-7-10-4-2-1-3-5-10/h1-5,11H,6-9H2,(H,15,19)(H,16,18)(H,17,20). The Morgan fingerprint density at radius 3 is 2.60 bits per heavy atom. The molecular weight excluding hydrogens is 258 g/mol. The van der Waals surface area contributed by atoms with Gasteiger partial charge in [-0.1, -0.05) is 30.3 Å². The fourth-order valence-electron chi connectivity index (χ4n) is 1.96. The van der Waals surface area contributed by atoms with E-state index in [4.69, 9.17) is 0 Å². The highest BCUT2D eigenvalue weighted by Crippen LogP contribution is 2.08. The number of carbonyl (C=O) groups excluding carboxylic acids is 3. The summed E-state index contributed by atoms with van der Waals surface area (Å²) in [4.78, 5) is 34.3. The van der Waals surface area contributed by atoms with Crippen molar-refractivity contribution in [1.82, 2.24) is 16.0 Å². The molecule has 1 atom stereocenters. The van der Waals surface area contributed by atoms with Crippen molar-refractivity contribution in [2.45, 2.75) is 13.0 Å². The third kappa shape index (κ3) is 4.08. The van der Waals surface area contributed by atoms with Crippen LogP contribution in [0.15, 0.2) is 30.3 Å². The Morgan fingerprint density at radius 1 is 1.20 bits per heavy atom. The summed E-state index contributed by atoms with van der Waals surface area (Å²) in [7, 11) is 0. The third-order valence-corrected chi connectivity index (χ3v) is 3.10. The Morgan fingerprint density at radius 2 is 1.95 bits per heavy atom. The molecule has 0 aliphatic carbocycles. The summed E-state index contributed by atoms with van der Waals surface area (Å²) in [6.45, 7) is 0.700. The van der Waals surface area contributed by atoms with Crippen molar-refractivity contribution in [3.8, 4) is 0 Å². The van der Waals surface area contributed by atoms with Crippen molar-refractivity contribution in [2.24, 2.45) is 5.92 Å². The number of amides is 3. The van der Waals surface area contributed by atoms with Crippen LogP contribution in [0.5, 0.6) is 0 Å². The van der Waals surface area contributed by atoms with Gasteiger partial charge in [0.25, 0.3) is 0 Å². The molecule has 0 spiro atoms. The number of hydrogen-bond donors (Lipinski definition) is 3. The van der Waals surface area contributed by atoms with Crippen LogP contribution in [0.4, 0.5) is 0 Å². The first-order valence-electron chi connectivity index (χ1n) is 6.50. The lowest BCUT2D eigenvalue weighted by atomic mass is 10.1. The van der Waals surface area contributed by atoms with E-state index < -0.39 is 0 Å². The monoisotopic (exact) mass is 275 g/mol. The van der Waals surface area contributed by atoms with E-state index >= 15 is 0 Å². The molecule has 0 aromatic heterocycles. The Labute approximate surface area is 116 Å². The normalized spacial score (nSPS) is 17.4. The minimum Gasteiger partial charge on any atom is -0.355 e. The molecular formula is C14H17N3O3. The summed E-state index contributed by atoms with van der Waals surface area (Å²) in [5, 5.41) is 7.84. The predicted molar refractivity (Wildman–Crippen MR) is 72.4 cm³/mol. The zero-order valence-corrected chi connectivity index (χ0v) is 11.0. The molecule has 0 bridgehead atoms. The van der Waals surface area contributed by atoms with Crippen LogP contribution in [-0.4, -0.2) is 30.8 Å². The summed E-state index contributed by atoms with van der Waals surface area (Å²) < 4.78 is 0. The quantitative estimate of drug-likeness (QED) is 0.680. The van der Waals surface area contributed by atoms with Gasteiger partial charge in [-0.3, -0.25) is 14.4 Å². The largest absolute Gasteiger partial charge is 0.355 e. The molecule has 1 heterocycles. The number of hydrogen-bond acceptors (Lipinski definition) is 3. The van der Waals surface area contributed by atoms with Gasteiger partial charge in [0.2, 0.25) is 17.7 Å². The maximum Gasteiger partial charge on any atom is 0.239 e. The molecule has 3 amide bonds. The van der Waals surface area contributed by atoms with Crippen molar-refractivity contribution in [3.63, 3.8) is 0 Å². The highest BCUT2D eigenvalue weighted by molar-refractivity contribution is 5.91. The second kappa shape index (κ2) is 6.70. The maximum absolute atomic E-state index is 11.7. The Hall–Kier alpha value is -2.37. The first-order valence-corrected chi connectivity index (χ1v) is 6.50. The van der Waals surface area contributed by atoms with Crippen molar-refractivity contribution in [3.05, 3.63) is 35.9 Å². The van der Waals surface area contributed by atoms with E-state index in [1.807, 2.05) is 30.3 Å². The van der Waals surface area contributed by atoms with Crippen molar-refractivity contribution < 1.29 is 14.4 Å². The second-order valence-electron chi connectivity index (χ2n) is 4.69. The van der Waals surface area contributed by atoms with Gasteiger partial charge < -0.3 is 16.0 Å². The van der Waals surface area contributed by atoms with Crippen LogP contribution in [0.2, 0.25) is 0 Å². The number of benzene rings is 1. The van der Waals surface area contributed by atoms with Gasteiger partial charge in [0, 0.05) is 19.5 Å². The first kappa shape index (κ1) is 14.0. The zero-order chi connectivity index (χ0) is 14.4. The molecule has 1 saturated heterocycles. The van der Waals surface area contributed by atoms with E-state index in [1.165, 1.54) is 0 Å². The summed E-state index contributed by atoms with van der Waals surface area (Å²) in [6.07, 6.45) is 0.192. The highest BCUT2D eigenvalue weighted by Gasteiger charge is 2.27. The van der Waals surface area contributed by atoms with E-state index in [2.05, 4.69) is 16.0 Å². The Kier molecular flexibility index (Phi) is 4.70. The van der Waals surface area contributed by atoms with E-state index in [1.54, 1.807) is 0 Å². The van der Waals surface area contributed by atoms with Gasteiger partial charge in [0.15, 0.2) is 0 Å². The highest BCUT2D eigenvalue weighted by atomic mass is 16.2. The van der Waals surface area contributed by atoms with Crippen LogP contribution in [0, 0.1) is 5.92 Å². The lowest BCUT2D eigenvalue weighted by Gasteiger charge is -2.09. The van der Waals surface area contributed by atoms with Crippen LogP contribution in [0.25, 0.3) is 0 Å². The number of rotatable bonds is 5. The van der Waals surface area contributed by atoms with Crippen molar-refractivity contribution >= 4 is 17.7 Å². The molecule has 6 heteroatoms. The predicted octanol–water partition coefficient (Wildman–Crippen LogP) is -0.445. The molecule has 0 radical (unpaired) electrons. The molecule has 2 rings (SSSR count). The molecule has 1 aromatic carbocycles. The zero-order valence-electron chi connectivity index (χ0n) is 11.0. The fraction of sp³-hybridized carbons (Fsp3) is 0.357. The molecule has 6 nitrogen and oxygen atoms in total. The SMILES string of the molecule is O=C(CNC(=O)C1CNC(=O)C1)NCc1ccccc1. The summed E-state index contributed by atoms with van der Waals surface area (Å²) >= 11 is 0. The molecule has 1 unspecified atom stereocenters. The van der Waals surface area contributed by atoms with Gasteiger partial charge in [-0.15, -0.1) is 0 Å². The van der Waals surface area contributed by atoms with Crippen LogP contribution in [0.3, 0.4) is 0 Å². The molecule has 1 aromatic rings. The summed E-state index contributed by atoms with van der Waals surface area (Å²) in [6, 6.07) is 9.52. The molecule has 20 heavy (non-hydrogen) atoms. The van der Waals surface area contributed by atoms with Gasteiger partial charge in [-0.2, -0.15) is 0 Å².